The fourth-order valence-electron chi connectivity index (χ4n) is 3.02. The van der Waals surface area contributed by atoms with Crippen molar-refractivity contribution < 1.29 is 14.3 Å². The Morgan fingerprint density at radius 3 is 2.73 bits per heavy atom. The van der Waals surface area contributed by atoms with Crippen molar-refractivity contribution in [2.45, 2.75) is 32.2 Å². The molecular weight excluding hydrogens is 354 g/mol. The van der Waals surface area contributed by atoms with E-state index in [1.807, 2.05) is 35.0 Å². The van der Waals surface area contributed by atoms with Crippen molar-refractivity contribution in [2.75, 3.05) is 39.8 Å². The van der Waals surface area contributed by atoms with E-state index >= 15 is 0 Å². The molecule has 0 unspecified atom stereocenters. The van der Waals surface area contributed by atoms with Gasteiger partial charge >= 0.3 is 0 Å². The quantitative estimate of drug-likeness (QED) is 0.701. The summed E-state index contributed by atoms with van der Waals surface area (Å²) in [4.78, 5) is 27.3. The number of hydrogen-bond donors (Lipinski definition) is 1. The van der Waals surface area contributed by atoms with E-state index in [1.54, 1.807) is 13.0 Å². The van der Waals surface area contributed by atoms with Gasteiger partial charge in [-0.2, -0.15) is 0 Å². The number of ether oxygens (including phenoxy) is 1. The summed E-state index contributed by atoms with van der Waals surface area (Å²) in [6, 6.07) is 7.49. The van der Waals surface area contributed by atoms with Crippen molar-refractivity contribution in [3.8, 4) is 5.75 Å². The van der Waals surface area contributed by atoms with Gasteiger partial charge in [-0.15, -0.1) is 0 Å². The molecule has 1 aromatic rings. The predicted octanol–water partition coefficient (Wildman–Crippen LogP) is 2.17. The third kappa shape index (κ3) is 7.22. The molecule has 6 nitrogen and oxygen atoms in total. The maximum absolute atomic E-state index is 12.1. The van der Waals surface area contributed by atoms with E-state index in [0.29, 0.717) is 18.2 Å². The molecule has 0 bridgehead atoms. The second kappa shape index (κ2) is 10.4. The van der Waals surface area contributed by atoms with Crippen LogP contribution in [0.15, 0.2) is 24.3 Å². The summed E-state index contributed by atoms with van der Waals surface area (Å²) >= 11 is 5.92. The number of likely N-dealkylation sites (tertiary alicyclic amines) is 1. The van der Waals surface area contributed by atoms with Crippen LogP contribution in [0.25, 0.3) is 0 Å². The topological polar surface area (TPSA) is 61.9 Å². The van der Waals surface area contributed by atoms with Crippen LogP contribution < -0.4 is 10.1 Å². The zero-order valence-electron chi connectivity index (χ0n) is 15.5. The van der Waals surface area contributed by atoms with Crippen LogP contribution >= 0.6 is 11.6 Å². The highest BCUT2D eigenvalue weighted by Crippen LogP contribution is 2.17. The summed E-state index contributed by atoms with van der Waals surface area (Å²) < 4.78 is 5.65. The summed E-state index contributed by atoms with van der Waals surface area (Å²) in [5.74, 6) is 0.897. The van der Waals surface area contributed by atoms with Gasteiger partial charge in [-0.25, -0.2) is 0 Å². The average molecular weight is 382 g/mol. The highest BCUT2D eigenvalue weighted by Gasteiger charge is 2.22. The largest absolute Gasteiger partial charge is 0.493 e. The molecule has 1 heterocycles. The van der Waals surface area contributed by atoms with Crippen LogP contribution in [-0.4, -0.2) is 67.5 Å². The first-order valence-corrected chi connectivity index (χ1v) is 9.43. The van der Waals surface area contributed by atoms with Crippen LogP contribution in [0.3, 0.4) is 0 Å². The normalized spacial score (nSPS) is 15.2. The smallest absolute Gasteiger partial charge is 0.234 e. The summed E-state index contributed by atoms with van der Waals surface area (Å²) in [6.07, 6.45) is 2.47. The van der Waals surface area contributed by atoms with Gasteiger partial charge in [0.2, 0.25) is 11.8 Å². The number of benzene rings is 1. The maximum Gasteiger partial charge on any atom is 0.234 e. The SMILES string of the molecule is CC(=O)N1CCC(NC(=O)CN(C)CCCOc2cccc(Cl)c2)CC1. The monoisotopic (exact) mass is 381 g/mol. The molecule has 1 fully saturated rings. The predicted molar refractivity (Wildman–Crippen MR) is 102 cm³/mol. The van der Waals surface area contributed by atoms with Crippen LogP contribution in [0.2, 0.25) is 5.02 Å². The van der Waals surface area contributed by atoms with Crippen molar-refractivity contribution >= 4 is 23.4 Å². The molecule has 1 aromatic carbocycles. The Kier molecular flexibility index (Phi) is 8.19. The standard InChI is InChI=1S/C19H28ClN3O3/c1-15(24)23-10-7-17(8-11-23)21-19(25)14-22(2)9-4-12-26-18-6-3-5-16(20)13-18/h3,5-6,13,17H,4,7-12,14H2,1-2H3,(H,21,25). The molecule has 1 saturated heterocycles. The van der Waals surface area contributed by atoms with E-state index in [1.165, 1.54) is 0 Å². The second-order valence-electron chi connectivity index (χ2n) is 6.75. The number of amides is 2. The molecule has 1 aliphatic heterocycles. The molecule has 7 heteroatoms. The lowest BCUT2D eigenvalue weighted by Gasteiger charge is -2.32. The van der Waals surface area contributed by atoms with Gasteiger partial charge in [-0.3, -0.25) is 14.5 Å². The number of carbonyl (C=O) groups is 2. The Balaban J connectivity index is 1.58. The molecule has 0 saturated carbocycles. The Labute approximate surface area is 160 Å². The number of nitrogens with one attached hydrogen (secondary N) is 1. The van der Waals surface area contributed by atoms with Gasteiger partial charge in [-0.1, -0.05) is 17.7 Å². The number of hydrogen-bond acceptors (Lipinski definition) is 4. The minimum absolute atomic E-state index is 0.0320. The number of piperidine rings is 1. The molecule has 2 amide bonds. The van der Waals surface area contributed by atoms with Crippen LogP contribution in [0.1, 0.15) is 26.2 Å². The van der Waals surface area contributed by atoms with Crippen molar-refractivity contribution in [3.63, 3.8) is 0 Å². The van der Waals surface area contributed by atoms with E-state index in [4.69, 9.17) is 16.3 Å². The van der Waals surface area contributed by atoms with Crippen molar-refractivity contribution in [2.24, 2.45) is 0 Å². The molecule has 1 aliphatic rings. The first kappa shape index (κ1) is 20.5. The Hall–Kier alpha value is -1.79. The number of carbonyl (C=O) groups excluding carboxylic acids is 2. The van der Waals surface area contributed by atoms with Gasteiger partial charge in [0, 0.05) is 37.6 Å². The van der Waals surface area contributed by atoms with Crippen LogP contribution in [0, 0.1) is 0 Å². The van der Waals surface area contributed by atoms with Gasteiger partial charge in [-0.05, 0) is 44.5 Å². The van der Waals surface area contributed by atoms with Crippen molar-refractivity contribution in [1.82, 2.24) is 15.1 Å². The molecular formula is C19H28ClN3O3. The molecule has 26 heavy (non-hydrogen) atoms. The van der Waals surface area contributed by atoms with Crippen LogP contribution in [0.4, 0.5) is 0 Å². The molecule has 1 N–H and O–H groups in total. The lowest BCUT2D eigenvalue weighted by Crippen LogP contribution is -2.48. The molecule has 2 rings (SSSR count). The lowest BCUT2D eigenvalue weighted by molar-refractivity contribution is -0.130. The summed E-state index contributed by atoms with van der Waals surface area (Å²) in [7, 11) is 1.93. The fourth-order valence-corrected chi connectivity index (χ4v) is 3.20. The van der Waals surface area contributed by atoms with Gasteiger partial charge in [0.05, 0.1) is 13.2 Å². The van der Waals surface area contributed by atoms with Gasteiger partial charge in [0.25, 0.3) is 0 Å². The van der Waals surface area contributed by atoms with Crippen LogP contribution in [-0.2, 0) is 9.59 Å². The zero-order chi connectivity index (χ0) is 18.9. The van der Waals surface area contributed by atoms with Crippen LogP contribution in [0.5, 0.6) is 5.75 Å². The van der Waals surface area contributed by atoms with E-state index in [9.17, 15) is 9.59 Å². The second-order valence-corrected chi connectivity index (χ2v) is 7.18. The molecule has 0 aliphatic carbocycles. The first-order valence-electron chi connectivity index (χ1n) is 9.06. The highest BCUT2D eigenvalue weighted by molar-refractivity contribution is 6.30. The van der Waals surface area contributed by atoms with Crippen molar-refractivity contribution in [3.05, 3.63) is 29.3 Å². The first-order chi connectivity index (χ1) is 12.4. The zero-order valence-corrected chi connectivity index (χ0v) is 16.3. The number of halogens is 1. The van der Waals surface area contributed by atoms with E-state index in [2.05, 4.69) is 5.32 Å². The van der Waals surface area contributed by atoms with Gasteiger partial charge in [0.1, 0.15) is 5.75 Å². The third-order valence-corrected chi connectivity index (χ3v) is 4.70. The highest BCUT2D eigenvalue weighted by atomic mass is 35.5. The third-order valence-electron chi connectivity index (χ3n) is 4.47. The number of rotatable bonds is 8. The Morgan fingerprint density at radius 1 is 1.35 bits per heavy atom. The van der Waals surface area contributed by atoms with Crippen molar-refractivity contribution in [1.29, 1.82) is 0 Å². The number of likely N-dealkylation sites (N-methyl/N-ethyl adjacent to an activating group) is 1. The Bertz CT molecular complexity index is 603. The summed E-state index contributed by atoms with van der Waals surface area (Å²) in [6.45, 7) is 4.74. The van der Waals surface area contributed by atoms with Gasteiger partial charge in [0.15, 0.2) is 0 Å². The molecule has 0 aromatic heterocycles. The minimum Gasteiger partial charge on any atom is -0.493 e. The van der Waals surface area contributed by atoms with E-state index < -0.39 is 0 Å². The lowest BCUT2D eigenvalue weighted by atomic mass is 10.1. The average Bonchev–Trinajstić information content (AvgIpc) is 2.59. The van der Waals surface area contributed by atoms with Gasteiger partial charge < -0.3 is 15.0 Å². The minimum atomic E-state index is 0.0320. The molecule has 0 spiro atoms. The van der Waals surface area contributed by atoms with E-state index in [0.717, 1.165) is 44.6 Å². The fraction of sp³-hybridized carbons (Fsp3) is 0.579. The maximum atomic E-state index is 12.1. The van der Waals surface area contributed by atoms with E-state index in [-0.39, 0.29) is 17.9 Å². The number of nitrogens with zero attached hydrogens (tertiary/aromatic N) is 2. The Morgan fingerprint density at radius 2 is 2.08 bits per heavy atom. The summed E-state index contributed by atoms with van der Waals surface area (Å²) in [5.41, 5.74) is 0. The molecule has 0 radical (unpaired) electrons. The summed E-state index contributed by atoms with van der Waals surface area (Å²) in [5, 5.41) is 3.73. The molecule has 0 atom stereocenters. The molecule has 144 valence electrons.